The number of aliphatic hydroxyl groups excluding tert-OH is 6. The summed E-state index contributed by atoms with van der Waals surface area (Å²) in [4.78, 5) is 10.3. The van der Waals surface area contributed by atoms with Crippen LogP contribution in [0.2, 0.25) is 0 Å². The van der Waals surface area contributed by atoms with Crippen LogP contribution >= 0.6 is 11.8 Å². The highest BCUT2D eigenvalue weighted by molar-refractivity contribution is 7.99. The Kier molecular flexibility index (Phi) is 24.9. The molecule has 2 saturated heterocycles. The molecule has 2 aliphatic heterocycles. The first kappa shape index (κ1) is 48.3. The maximum absolute atomic E-state index is 10.4. The number of nitrogens with one attached hydrogen (secondary N) is 2. The molecule has 2 rings (SSSR count). The Bertz CT molecular complexity index is 862. The third kappa shape index (κ3) is 18.0. The normalized spacial score (nSPS) is 31.6. The Balaban J connectivity index is 0.000000949. The minimum absolute atomic E-state index is 0. The summed E-state index contributed by atoms with van der Waals surface area (Å²) >= 11 is 1.53. The first-order valence-electron chi connectivity index (χ1n) is 16.5. The fourth-order valence-corrected chi connectivity index (χ4v) is 6.61. The summed E-state index contributed by atoms with van der Waals surface area (Å²) in [5.74, 6) is 0.272. The molecule has 0 spiro atoms. The molecule has 2 aliphatic rings. The van der Waals surface area contributed by atoms with Gasteiger partial charge in [-0.05, 0) is 38.2 Å². The van der Waals surface area contributed by atoms with Crippen LogP contribution in [0.25, 0.3) is 0 Å². The van der Waals surface area contributed by atoms with Crippen LogP contribution in [0.1, 0.15) is 26.7 Å². The van der Waals surface area contributed by atoms with Gasteiger partial charge in [-0.1, -0.05) is 0 Å². The largest absolute Gasteiger partial charge is 0.550 e. The van der Waals surface area contributed by atoms with Gasteiger partial charge in [0.1, 0.15) is 49.3 Å². The van der Waals surface area contributed by atoms with Gasteiger partial charge in [-0.25, -0.2) is 0 Å². The molecular weight excluding hydrogens is 666 g/mol. The third-order valence-corrected chi connectivity index (χ3v) is 9.18. The van der Waals surface area contributed by atoms with Crippen LogP contribution in [0.15, 0.2) is 0 Å². The summed E-state index contributed by atoms with van der Waals surface area (Å²) in [5, 5.41) is 76.0. The standard InChI is InChI=1S/C17H33NO8S.C14H31N2O5.CH3/c1-11-15(16(23)17(24-2)13(9-19)26-11)18-8-12(20)10-25-5-3-6-27-7-4-14(21)22;1-9-12(15-6-10(18)7-16(2,3)4)13(19)14(20-5)11(8-17)21-9;/h11-13,15-20,23H,3-10H2,1-2H3,(H,21,22);9-15,17-19H,6-8H2,1-5H3;1H3/q;+1;-1/p-1. The predicted octanol–water partition coefficient (Wildman–Crippen LogP) is -3.64. The van der Waals surface area contributed by atoms with E-state index in [0.717, 1.165) is 12.2 Å². The summed E-state index contributed by atoms with van der Waals surface area (Å²) in [5.41, 5.74) is 0. The lowest BCUT2D eigenvalue weighted by atomic mass is 9.93. The molecule has 49 heavy (non-hydrogen) atoms. The number of carbonyl (C=O) groups excluding carboxylic acids is 1. The molecule has 294 valence electrons. The maximum Gasteiger partial charge on any atom is 0.115 e. The quantitative estimate of drug-likeness (QED) is 0.0323. The summed E-state index contributed by atoms with van der Waals surface area (Å²) in [6, 6.07) is -0.785. The second-order valence-electron chi connectivity index (χ2n) is 13.3. The van der Waals surface area contributed by atoms with Crippen molar-refractivity contribution in [1.82, 2.24) is 10.6 Å². The number of quaternary nitrogens is 1. The summed E-state index contributed by atoms with van der Waals surface area (Å²) in [7, 11) is 8.97. The average molecular weight is 733 g/mol. The SMILES string of the molecule is COC1C(CO)OC(C)C(NCC(O)COCCCSCCC(=O)[O-])C1O.COC1C(CO)OC(C)C(NCC(O)C[N+](C)(C)C)C1O.[CH3-]. The van der Waals surface area contributed by atoms with E-state index in [1.54, 1.807) is 6.92 Å². The number of carbonyl (C=O) groups is 1. The van der Waals surface area contributed by atoms with Gasteiger partial charge in [-0.2, -0.15) is 11.8 Å². The molecule has 0 amide bonds. The second kappa shape index (κ2) is 25.3. The molecule has 16 nitrogen and oxygen atoms in total. The van der Waals surface area contributed by atoms with Crippen molar-refractivity contribution in [2.75, 3.05) is 92.9 Å². The van der Waals surface area contributed by atoms with Gasteiger partial charge < -0.3 is 86.8 Å². The molecule has 17 heteroatoms. The minimum atomic E-state index is -1.04. The van der Waals surface area contributed by atoms with Crippen molar-refractivity contribution in [1.29, 1.82) is 0 Å². The van der Waals surface area contributed by atoms with Gasteiger partial charge in [0, 0.05) is 39.9 Å². The predicted molar refractivity (Wildman–Crippen MR) is 184 cm³/mol. The number of methoxy groups -OCH3 is 2. The Morgan fingerprint density at radius 3 is 1.76 bits per heavy atom. The van der Waals surface area contributed by atoms with Crippen molar-refractivity contribution in [3.63, 3.8) is 0 Å². The molecule has 0 radical (unpaired) electrons. The fourth-order valence-electron chi connectivity index (χ4n) is 5.77. The summed E-state index contributed by atoms with van der Waals surface area (Å²) < 4.78 is 27.9. The van der Waals surface area contributed by atoms with Crippen LogP contribution in [-0.4, -0.2) is 207 Å². The van der Waals surface area contributed by atoms with E-state index in [2.05, 4.69) is 10.6 Å². The van der Waals surface area contributed by atoms with E-state index in [9.17, 15) is 40.5 Å². The first-order valence-corrected chi connectivity index (χ1v) is 17.7. The van der Waals surface area contributed by atoms with Crippen LogP contribution in [0.5, 0.6) is 0 Å². The zero-order valence-electron chi connectivity index (χ0n) is 30.6. The highest BCUT2D eigenvalue weighted by atomic mass is 32.2. The van der Waals surface area contributed by atoms with Gasteiger partial charge in [0.2, 0.25) is 0 Å². The van der Waals surface area contributed by atoms with Crippen molar-refractivity contribution in [3.05, 3.63) is 7.43 Å². The summed E-state index contributed by atoms with van der Waals surface area (Å²) in [6.07, 6.45) is -5.09. The fraction of sp³-hybridized carbons (Fsp3) is 0.938. The smallest absolute Gasteiger partial charge is 0.115 e. The van der Waals surface area contributed by atoms with E-state index in [1.165, 1.54) is 26.0 Å². The lowest BCUT2D eigenvalue weighted by Gasteiger charge is -2.43. The number of rotatable bonds is 21. The van der Waals surface area contributed by atoms with Crippen LogP contribution < -0.4 is 15.7 Å². The molecule has 0 saturated carbocycles. The van der Waals surface area contributed by atoms with Crippen LogP contribution in [-0.2, 0) is 28.5 Å². The van der Waals surface area contributed by atoms with Crippen LogP contribution in [0, 0.1) is 7.43 Å². The van der Waals surface area contributed by atoms with Crippen molar-refractivity contribution < 1.29 is 68.7 Å². The third-order valence-electron chi connectivity index (χ3n) is 8.11. The number of carboxylic acid groups (broad SMARTS) is 1. The van der Waals surface area contributed by atoms with E-state index in [-0.39, 0.29) is 58.5 Å². The zero-order chi connectivity index (χ0) is 36.4. The molecule has 12 unspecified atom stereocenters. The number of aliphatic hydroxyl groups is 6. The van der Waals surface area contributed by atoms with Crippen LogP contribution in [0.4, 0.5) is 0 Å². The lowest BCUT2D eigenvalue weighted by Crippen LogP contribution is -2.64. The highest BCUT2D eigenvalue weighted by Crippen LogP contribution is 2.24. The lowest BCUT2D eigenvalue weighted by molar-refractivity contribution is -0.873. The minimum Gasteiger partial charge on any atom is -0.550 e. The Labute approximate surface area is 297 Å². The highest BCUT2D eigenvalue weighted by Gasteiger charge is 2.44. The number of likely N-dealkylation sites (N-methyl/N-ethyl adjacent to an activating group) is 1. The molecule has 0 aromatic rings. The van der Waals surface area contributed by atoms with Crippen molar-refractivity contribution in [2.45, 2.75) is 99.8 Å². The van der Waals surface area contributed by atoms with E-state index in [4.69, 9.17) is 23.7 Å². The Hall–Kier alpha value is -0.740. The van der Waals surface area contributed by atoms with Crippen LogP contribution in [0.3, 0.4) is 0 Å². The molecule has 0 bridgehead atoms. The Morgan fingerprint density at radius 1 is 0.878 bits per heavy atom. The number of aliphatic carboxylic acids is 1. The van der Waals surface area contributed by atoms with E-state index in [0.29, 0.717) is 29.9 Å². The van der Waals surface area contributed by atoms with Crippen molar-refractivity contribution in [3.8, 4) is 0 Å². The number of hydrogen-bond donors (Lipinski definition) is 8. The topological polar surface area (TPSA) is 232 Å². The van der Waals surface area contributed by atoms with Gasteiger partial charge >= 0.3 is 0 Å². The second-order valence-corrected chi connectivity index (χ2v) is 14.5. The van der Waals surface area contributed by atoms with Gasteiger partial charge in [0.15, 0.2) is 0 Å². The van der Waals surface area contributed by atoms with Gasteiger partial charge in [0.05, 0.1) is 71.4 Å². The van der Waals surface area contributed by atoms with Gasteiger partial charge in [-0.3, -0.25) is 0 Å². The number of nitrogens with zero attached hydrogens (tertiary/aromatic N) is 1. The molecule has 12 atom stereocenters. The molecule has 2 heterocycles. The molecule has 0 aromatic carbocycles. The van der Waals surface area contributed by atoms with E-state index in [1.807, 2.05) is 28.1 Å². The maximum atomic E-state index is 10.4. The van der Waals surface area contributed by atoms with E-state index >= 15 is 0 Å². The van der Waals surface area contributed by atoms with E-state index < -0.39 is 60.8 Å². The molecule has 8 N–H and O–H groups in total. The Morgan fingerprint density at radius 2 is 1.35 bits per heavy atom. The molecule has 0 aromatic heterocycles. The van der Waals surface area contributed by atoms with Crippen molar-refractivity contribution >= 4 is 17.7 Å². The first-order chi connectivity index (χ1) is 22.6. The molecular formula is C32H66N3O13S-. The van der Waals surface area contributed by atoms with Crippen molar-refractivity contribution in [2.24, 2.45) is 0 Å². The molecule has 0 aliphatic carbocycles. The number of thioether (sulfide) groups is 1. The number of carboxylic acids is 1. The van der Waals surface area contributed by atoms with Gasteiger partial charge in [-0.15, -0.1) is 0 Å². The average Bonchev–Trinajstić information content (AvgIpc) is 3.00. The molecule has 2 fully saturated rings. The number of ether oxygens (including phenoxy) is 5. The summed E-state index contributed by atoms with van der Waals surface area (Å²) in [6.45, 7) is 5.01. The monoisotopic (exact) mass is 732 g/mol. The number of hydrogen-bond acceptors (Lipinski definition) is 16. The van der Waals surface area contributed by atoms with Gasteiger partial charge in [0.25, 0.3) is 0 Å². The zero-order valence-corrected chi connectivity index (χ0v) is 31.4.